The number of likely N-dealkylation sites (tertiary alicyclic amines) is 1. The minimum Gasteiger partial charge on any atom is -0.311 e. The van der Waals surface area contributed by atoms with E-state index in [-0.39, 0.29) is 12.8 Å². The quantitative estimate of drug-likeness (QED) is 0.839. The maximum Gasteiger partial charge on any atom is 0.391 e. The lowest BCUT2D eigenvalue weighted by atomic mass is 9.96. The Morgan fingerprint density at radius 3 is 2.55 bits per heavy atom. The molecule has 0 bridgehead atoms. The molecule has 0 spiro atoms. The molecule has 1 aliphatic rings. The molecule has 2 heterocycles. The van der Waals surface area contributed by atoms with E-state index in [9.17, 15) is 13.2 Å². The molecule has 1 aliphatic heterocycles. The Kier molecular flexibility index (Phi) is 5.46. The van der Waals surface area contributed by atoms with E-state index in [2.05, 4.69) is 29.3 Å². The van der Waals surface area contributed by atoms with Crippen LogP contribution in [0.2, 0.25) is 0 Å². The third kappa shape index (κ3) is 4.75. The van der Waals surface area contributed by atoms with Crippen molar-refractivity contribution in [2.75, 3.05) is 26.2 Å². The summed E-state index contributed by atoms with van der Waals surface area (Å²) in [7, 11) is 0. The summed E-state index contributed by atoms with van der Waals surface area (Å²) in [6, 6.07) is 4.21. The SMILES string of the molecule is Cc1ccc(CNCCN2CCC(C(F)(F)F)CC2)s1. The van der Waals surface area contributed by atoms with Crippen molar-refractivity contribution < 1.29 is 13.2 Å². The standard InChI is InChI=1S/C14H21F3N2S/c1-11-2-3-13(20-11)10-18-6-9-19-7-4-12(5-8-19)14(15,16)17/h2-3,12,18H,4-10H2,1H3. The molecule has 1 aromatic rings. The van der Waals surface area contributed by atoms with Crippen molar-refractivity contribution in [2.24, 2.45) is 5.92 Å². The zero-order chi connectivity index (χ0) is 14.6. The van der Waals surface area contributed by atoms with Crippen LogP contribution in [-0.4, -0.2) is 37.3 Å². The lowest BCUT2D eigenvalue weighted by molar-refractivity contribution is -0.184. The van der Waals surface area contributed by atoms with Crippen LogP contribution in [0.15, 0.2) is 12.1 Å². The maximum absolute atomic E-state index is 12.5. The Morgan fingerprint density at radius 2 is 2.00 bits per heavy atom. The minimum atomic E-state index is -4.01. The fraction of sp³-hybridized carbons (Fsp3) is 0.714. The summed E-state index contributed by atoms with van der Waals surface area (Å²) in [6.07, 6.45) is -3.53. The molecule has 0 atom stereocenters. The molecule has 2 rings (SSSR count). The number of nitrogens with zero attached hydrogens (tertiary/aromatic N) is 1. The monoisotopic (exact) mass is 306 g/mol. The molecule has 0 aliphatic carbocycles. The van der Waals surface area contributed by atoms with Gasteiger partial charge in [-0.1, -0.05) is 0 Å². The Hall–Kier alpha value is -0.590. The molecule has 1 saturated heterocycles. The highest BCUT2D eigenvalue weighted by Gasteiger charge is 2.40. The number of nitrogens with one attached hydrogen (secondary N) is 1. The van der Waals surface area contributed by atoms with E-state index < -0.39 is 12.1 Å². The molecule has 20 heavy (non-hydrogen) atoms. The molecule has 6 heteroatoms. The van der Waals surface area contributed by atoms with Crippen molar-refractivity contribution in [3.63, 3.8) is 0 Å². The first-order valence-corrected chi connectivity index (χ1v) is 7.82. The highest BCUT2D eigenvalue weighted by molar-refractivity contribution is 7.11. The number of aryl methyl sites for hydroxylation is 1. The van der Waals surface area contributed by atoms with E-state index in [0.29, 0.717) is 13.1 Å². The third-order valence-electron chi connectivity index (χ3n) is 3.75. The number of hydrogen-bond donors (Lipinski definition) is 1. The van der Waals surface area contributed by atoms with Crippen molar-refractivity contribution in [3.05, 3.63) is 21.9 Å². The first kappa shape index (κ1) is 15.8. The van der Waals surface area contributed by atoms with E-state index >= 15 is 0 Å². The van der Waals surface area contributed by atoms with Gasteiger partial charge in [0.05, 0.1) is 5.92 Å². The van der Waals surface area contributed by atoms with Gasteiger partial charge in [-0.2, -0.15) is 13.2 Å². The molecule has 114 valence electrons. The van der Waals surface area contributed by atoms with Crippen LogP contribution in [0.1, 0.15) is 22.6 Å². The van der Waals surface area contributed by atoms with Crippen LogP contribution < -0.4 is 5.32 Å². The van der Waals surface area contributed by atoms with Crippen LogP contribution in [0.5, 0.6) is 0 Å². The van der Waals surface area contributed by atoms with Crippen molar-refractivity contribution in [1.82, 2.24) is 10.2 Å². The smallest absolute Gasteiger partial charge is 0.311 e. The minimum absolute atomic E-state index is 0.244. The van der Waals surface area contributed by atoms with Crippen molar-refractivity contribution in [1.29, 1.82) is 0 Å². The zero-order valence-corrected chi connectivity index (χ0v) is 12.5. The molecule has 0 unspecified atom stereocenters. The van der Waals surface area contributed by atoms with Gasteiger partial charge in [-0.25, -0.2) is 0 Å². The van der Waals surface area contributed by atoms with Gasteiger partial charge in [0.25, 0.3) is 0 Å². The lowest BCUT2D eigenvalue weighted by Crippen LogP contribution is -2.41. The summed E-state index contributed by atoms with van der Waals surface area (Å²) >= 11 is 1.78. The number of thiophene rings is 1. The Balaban J connectivity index is 1.59. The number of rotatable bonds is 5. The second-order valence-electron chi connectivity index (χ2n) is 5.35. The zero-order valence-electron chi connectivity index (χ0n) is 11.7. The summed E-state index contributed by atoms with van der Waals surface area (Å²) in [5, 5.41) is 3.35. The second kappa shape index (κ2) is 6.91. The second-order valence-corrected chi connectivity index (χ2v) is 6.72. The summed E-state index contributed by atoms with van der Waals surface area (Å²) in [4.78, 5) is 4.73. The lowest BCUT2D eigenvalue weighted by Gasteiger charge is -2.32. The number of hydrogen-bond acceptors (Lipinski definition) is 3. The molecular formula is C14H21F3N2S. The van der Waals surface area contributed by atoms with Gasteiger partial charge in [-0.3, -0.25) is 0 Å². The van der Waals surface area contributed by atoms with Crippen molar-refractivity contribution in [3.8, 4) is 0 Å². The molecule has 1 N–H and O–H groups in total. The molecule has 0 radical (unpaired) electrons. The van der Waals surface area contributed by atoms with Gasteiger partial charge < -0.3 is 10.2 Å². The van der Waals surface area contributed by atoms with E-state index in [1.165, 1.54) is 9.75 Å². The largest absolute Gasteiger partial charge is 0.391 e. The maximum atomic E-state index is 12.5. The number of halogens is 3. The predicted molar refractivity (Wildman–Crippen MR) is 76.0 cm³/mol. The normalized spacial score (nSPS) is 18.6. The number of piperidine rings is 1. The summed E-state index contributed by atoms with van der Waals surface area (Å²) < 4.78 is 37.6. The summed E-state index contributed by atoms with van der Waals surface area (Å²) in [5.41, 5.74) is 0. The number of alkyl halides is 3. The van der Waals surface area contributed by atoms with Gasteiger partial charge in [-0.05, 0) is 45.0 Å². The van der Waals surface area contributed by atoms with Gasteiger partial charge in [0.15, 0.2) is 0 Å². The van der Waals surface area contributed by atoms with Gasteiger partial charge in [0.2, 0.25) is 0 Å². The molecule has 1 aromatic heterocycles. The van der Waals surface area contributed by atoms with Gasteiger partial charge in [-0.15, -0.1) is 11.3 Å². The Morgan fingerprint density at radius 1 is 1.30 bits per heavy atom. The molecule has 2 nitrogen and oxygen atoms in total. The van der Waals surface area contributed by atoms with E-state index in [1.54, 1.807) is 11.3 Å². The van der Waals surface area contributed by atoms with Gasteiger partial charge >= 0.3 is 6.18 Å². The average molecular weight is 306 g/mol. The van der Waals surface area contributed by atoms with Crippen LogP contribution in [0, 0.1) is 12.8 Å². The van der Waals surface area contributed by atoms with E-state index in [1.807, 2.05) is 0 Å². The Bertz CT molecular complexity index is 409. The Labute approximate surface area is 122 Å². The fourth-order valence-electron chi connectivity index (χ4n) is 2.51. The van der Waals surface area contributed by atoms with Crippen molar-refractivity contribution in [2.45, 2.75) is 32.5 Å². The highest BCUT2D eigenvalue weighted by atomic mass is 32.1. The van der Waals surface area contributed by atoms with Gasteiger partial charge in [0.1, 0.15) is 0 Å². The molecule has 0 aromatic carbocycles. The molecular weight excluding hydrogens is 285 g/mol. The first-order chi connectivity index (χ1) is 9.45. The topological polar surface area (TPSA) is 15.3 Å². The summed E-state index contributed by atoms with van der Waals surface area (Å²) in [5.74, 6) is -1.10. The van der Waals surface area contributed by atoms with Crippen LogP contribution in [0.4, 0.5) is 13.2 Å². The summed E-state index contributed by atoms with van der Waals surface area (Å²) in [6.45, 7) is 5.70. The molecule has 0 saturated carbocycles. The highest BCUT2D eigenvalue weighted by Crippen LogP contribution is 2.33. The van der Waals surface area contributed by atoms with Crippen LogP contribution in [-0.2, 0) is 6.54 Å². The van der Waals surface area contributed by atoms with Crippen LogP contribution in [0.3, 0.4) is 0 Å². The van der Waals surface area contributed by atoms with E-state index in [4.69, 9.17) is 0 Å². The van der Waals surface area contributed by atoms with E-state index in [0.717, 1.165) is 19.6 Å². The average Bonchev–Trinajstić information content (AvgIpc) is 2.80. The first-order valence-electron chi connectivity index (χ1n) is 7.00. The van der Waals surface area contributed by atoms with Crippen molar-refractivity contribution >= 4 is 11.3 Å². The van der Waals surface area contributed by atoms with Crippen LogP contribution in [0.25, 0.3) is 0 Å². The van der Waals surface area contributed by atoms with Gasteiger partial charge in [0, 0.05) is 29.4 Å². The predicted octanol–water partition coefficient (Wildman–Crippen LogP) is 3.42. The fourth-order valence-corrected chi connectivity index (χ4v) is 3.37. The molecule has 1 fully saturated rings. The molecule has 0 amide bonds. The van der Waals surface area contributed by atoms with Crippen LogP contribution >= 0.6 is 11.3 Å². The third-order valence-corrected chi connectivity index (χ3v) is 4.75.